The molecule has 0 saturated carbocycles. The molecule has 0 aromatic carbocycles. The van der Waals surface area contributed by atoms with Gasteiger partial charge in [0.15, 0.2) is 0 Å². The monoisotopic (exact) mass is 491 g/mol. The van der Waals surface area contributed by atoms with Crippen molar-refractivity contribution in [2.45, 2.75) is 13.3 Å². The molecule has 0 spiro atoms. The molecule has 4 heterocycles. The SMILES string of the molecule is C[C@@H]1CCN(c2ccc(-c3ncc(C(=O)Nc4ccc(I)nc4)s3)cn2)C1. The Kier molecular flexibility index (Phi) is 5.35. The lowest BCUT2D eigenvalue weighted by Gasteiger charge is -2.16. The molecular formula is C19H18IN5OS. The van der Waals surface area contributed by atoms with Crippen LogP contribution in [-0.2, 0) is 0 Å². The van der Waals surface area contributed by atoms with E-state index in [1.165, 1.54) is 17.8 Å². The van der Waals surface area contributed by atoms with Crippen LogP contribution in [0.15, 0.2) is 42.9 Å². The number of carbonyl (C=O) groups excluding carboxylic acids is 1. The van der Waals surface area contributed by atoms with Crippen molar-refractivity contribution in [2.75, 3.05) is 23.3 Å². The summed E-state index contributed by atoms with van der Waals surface area (Å²) in [7, 11) is 0. The van der Waals surface area contributed by atoms with Gasteiger partial charge in [-0.2, -0.15) is 0 Å². The summed E-state index contributed by atoms with van der Waals surface area (Å²) in [6, 6.07) is 7.74. The molecule has 1 fully saturated rings. The lowest BCUT2D eigenvalue weighted by molar-refractivity contribution is 0.103. The molecule has 6 nitrogen and oxygen atoms in total. The quantitative estimate of drug-likeness (QED) is 0.435. The molecule has 1 saturated heterocycles. The number of carbonyl (C=O) groups is 1. The van der Waals surface area contributed by atoms with E-state index in [4.69, 9.17) is 0 Å². The van der Waals surface area contributed by atoms with Gasteiger partial charge in [-0.15, -0.1) is 11.3 Å². The molecule has 4 rings (SSSR count). The van der Waals surface area contributed by atoms with Crippen molar-refractivity contribution in [1.29, 1.82) is 0 Å². The minimum absolute atomic E-state index is 0.183. The summed E-state index contributed by atoms with van der Waals surface area (Å²) in [5.74, 6) is 1.54. The summed E-state index contributed by atoms with van der Waals surface area (Å²) >= 11 is 3.48. The van der Waals surface area contributed by atoms with Crippen molar-refractivity contribution in [3.05, 3.63) is 51.4 Å². The minimum atomic E-state index is -0.183. The van der Waals surface area contributed by atoms with Crippen molar-refractivity contribution in [2.24, 2.45) is 5.92 Å². The Morgan fingerprint density at radius 3 is 2.74 bits per heavy atom. The van der Waals surface area contributed by atoms with Crippen LogP contribution in [0.25, 0.3) is 10.6 Å². The number of hydrogen-bond donors (Lipinski definition) is 1. The van der Waals surface area contributed by atoms with Gasteiger partial charge < -0.3 is 10.2 Å². The number of aromatic nitrogens is 3. The minimum Gasteiger partial charge on any atom is -0.356 e. The summed E-state index contributed by atoms with van der Waals surface area (Å²) in [5, 5.41) is 3.63. The number of hydrogen-bond acceptors (Lipinski definition) is 6. The number of nitrogens with zero attached hydrogens (tertiary/aromatic N) is 4. The normalized spacial score (nSPS) is 16.5. The smallest absolute Gasteiger partial charge is 0.267 e. The van der Waals surface area contributed by atoms with E-state index in [0.717, 1.165) is 39.1 Å². The fraction of sp³-hybridized carbons (Fsp3) is 0.263. The van der Waals surface area contributed by atoms with Gasteiger partial charge in [-0.05, 0) is 59.2 Å². The highest BCUT2D eigenvalue weighted by Crippen LogP contribution is 2.28. The standard InChI is InChI=1S/C19H18IN5OS/c1-12-6-7-25(11-12)17-5-2-13(8-22-17)19-23-10-15(27-19)18(26)24-14-3-4-16(20)21-9-14/h2-5,8-10,12H,6-7,11H2,1H3,(H,24,26)/t12-/m1/s1. The molecule has 1 aliphatic rings. The predicted molar refractivity (Wildman–Crippen MR) is 116 cm³/mol. The van der Waals surface area contributed by atoms with Crippen LogP contribution in [0, 0.1) is 9.62 Å². The third-order valence-electron chi connectivity index (χ3n) is 4.46. The van der Waals surface area contributed by atoms with E-state index < -0.39 is 0 Å². The van der Waals surface area contributed by atoms with E-state index in [9.17, 15) is 4.79 Å². The van der Waals surface area contributed by atoms with E-state index in [-0.39, 0.29) is 5.91 Å². The number of pyridine rings is 2. The maximum atomic E-state index is 12.4. The second-order valence-corrected chi connectivity index (χ2v) is 8.73. The van der Waals surface area contributed by atoms with Gasteiger partial charge in [0.2, 0.25) is 0 Å². The van der Waals surface area contributed by atoms with Crippen molar-refractivity contribution in [3.8, 4) is 10.6 Å². The first-order chi connectivity index (χ1) is 13.1. The Labute approximate surface area is 175 Å². The maximum Gasteiger partial charge on any atom is 0.267 e. The van der Waals surface area contributed by atoms with Crippen LogP contribution in [-0.4, -0.2) is 33.9 Å². The van der Waals surface area contributed by atoms with Crippen LogP contribution in [0.2, 0.25) is 0 Å². The second-order valence-electron chi connectivity index (χ2n) is 6.60. The first-order valence-corrected chi connectivity index (χ1v) is 10.6. The molecule has 1 aliphatic heterocycles. The topological polar surface area (TPSA) is 71.0 Å². The average Bonchev–Trinajstić information content (AvgIpc) is 3.33. The molecule has 8 heteroatoms. The Balaban J connectivity index is 1.45. The molecular weight excluding hydrogens is 473 g/mol. The van der Waals surface area contributed by atoms with Crippen LogP contribution in [0.4, 0.5) is 11.5 Å². The zero-order valence-electron chi connectivity index (χ0n) is 14.7. The zero-order valence-corrected chi connectivity index (χ0v) is 17.7. The number of anilines is 2. The Morgan fingerprint density at radius 1 is 1.19 bits per heavy atom. The van der Waals surface area contributed by atoms with Gasteiger partial charge in [0.05, 0.1) is 18.1 Å². The van der Waals surface area contributed by atoms with Crippen molar-refractivity contribution in [3.63, 3.8) is 0 Å². The largest absolute Gasteiger partial charge is 0.356 e. The Morgan fingerprint density at radius 2 is 2.07 bits per heavy atom. The molecule has 0 aliphatic carbocycles. The van der Waals surface area contributed by atoms with Gasteiger partial charge in [-0.25, -0.2) is 15.0 Å². The second kappa shape index (κ2) is 7.89. The summed E-state index contributed by atoms with van der Waals surface area (Å²) in [5.41, 5.74) is 1.59. The van der Waals surface area contributed by atoms with Crippen LogP contribution >= 0.6 is 33.9 Å². The van der Waals surface area contributed by atoms with E-state index in [2.05, 4.69) is 54.7 Å². The van der Waals surface area contributed by atoms with Crippen LogP contribution in [0.1, 0.15) is 23.0 Å². The third-order valence-corrected chi connectivity index (χ3v) is 6.14. The first-order valence-electron chi connectivity index (χ1n) is 8.68. The molecule has 0 unspecified atom stereocenters. The Bertz CT molecular complexity index is 941. The number of nitrogens with one attached hydrogen (secondary N) is 1. The highest BCUT2D eigenvalue weighted by Gasteiger charge is 2.20. The van der Waals surface area contributed by atoms with E-state index >= 15 is 0 Å². The molecule has 1 N–H and O–H groups in total. The lowest BCUT2D eigenvalue weighted by atomic mass is 10.2. The van der Waals surface area contributed by atoms with Gasteiger partial charge >= 0.3 is 0 Å². The van der Waals surface area contributed by atoms with E-state index in [1.54, 1.807) is 12.4 Å². The van der Waals surface area contributed by atoms with Gasteiger partial charge in [0, 0.05) is 24.8 Å². The molecule has 0 radical (unpaired) electrons. The van der Waals surface area contributed by atoms with Crippen molar-refractivity contribution >= 4 is 51.3 Å². The van der Waals surface area contributed by atoms with E-state index in [1.807, 2.05) is 30.5 Å². The molecule has 138 valence electrons. The fourth-order valence-electron chi connectivity index (χ4n) is 3.00. The van der Waals surface area contributed by atoms with Gasteiger partial charge in [0.25, 0.3) is 5.91 Å². The van der Waals surface area contributed by atoms with Crippen LogP contribution < -0.4 is 10.2 Å². The van der Waals surface area contributed by atoms with Gasteiger partial charge in [-0.1, -0.05) is 6.92 Å². The molecule has 0 bridgehead atoms. The fourth-order valence-corrected chi connectivity index (χ4v) is 4.12. The number of amides is 1. The Hall–Kier alpha value is -2.07. The average molecular weight is 491 g/mol. The lowest BCUT2D eigenvalue weighted by Crippen LogP contribution is -2.19. The molecule has 1 amide bonds. The highest BCUT2D eigenvalue weighted by molar-refractivity contribution is 14.1. The van der Waals surface area contributed by atoms with Crippen molar-refractivity contribution in [1.82, 2.24) is 15.0 Å². The summed E-state index contributed by atoms with van der Waals surface area (Å²) in [6.07, 6.45) is 6.29. The zero-order chi connectivity index (χ0) is 18.8. The number of rotatable bonds is 4. The maximum absolute atomic E-state index is 12.4. The number of thiazole rings is 1. The summed E-state index contributed by atoms with van der Waals surface area (Å²) < 4.78 is 0.880. The van der Waals surface area contributed by atoms with Crippen LogP contribution in [0.3, 0.4) is 0 Å². The number of halogens is 1. The summed E-state index contributed by atoms with van der Waals surface area (Å²) in [4.78, 5) is 28.4. The predicted octanol–water partition coefficient (Wildman–Crippen LogP) is 4.30. The van der Waals surface area contributed by atoms with Crippen LogP contribution in [0.5, 0.6) is 0 Å². The molecule has 1 atom stereocenters. The van der Waals surface area contributed by atoms with Gasteiger partial charge in [-0.3, -0.25) is 4.79 Å². The van der Waals surface area contributed by atoms with Gasteiger partial charge in [0.1, 0.15) is 19.4 Å². The molecule has 3 aromatic rings. The molecule has 3 aromatic heterocycles. The molecule has 27 heavy (non-hydrogen) atoms. The first kappa shape index (κ1) is 18.3. The summed E-state index contributed by atoms with van der Waals surface area (Å²) in [6.45, 7) is 4.38. The highest BCUT2D eigenvalue weighted by atomic mass is 127. The van der Waals surface area contributed by atoms with Crippen molar-refractivity contribution < 1.29 is 4.79 Å². The third kappa shape index (κ3) is 4.27. The van der Waals surface area contributed by atoms with E-state index in [0.29, 0.717) is 10.6 Å².